The summed E-state index contributed by atoms with van der Waals surface area (Å²) < 4.78 is 91.6. The summed E-state index contributed by atoms with van der Waals surface area (Å²) >= 11 is 0. The summed E-state index contributed by atoms with van der Waals surface area (Å²) in [6.07, 6.45) is -8.11. The first kappa shape index (κ1) is 28.5. The van der Waals surface area contributed by atoms with Crippen molar-refractivity contribution in [3.05, 3.63) is 0 Å². The van der Waals surface area contributed by atoms with Gasteiger partial charge in [0, 0.05) is 19.6 Å². The van der Waals surface area contributed by atoms with Crippen LogP contribution in [0.1, 0.15) is 52.9 Å². The number of amides is 3. The number of hydrogen-bond donors (Lipinski definition) is 0. The second kappa shape index (κ2) is 9.25. The minimum atomic E-state index is -5.35. The number of halogens is 6. The van der Waals surface area contributed by atoms with Gasteiger partial charge in [-0.1, -0.05) is 13.8 Å². The average molecular weight is 567 g/mol. The summed E-state index contributed by atoms with van der Waals surface area (Å²) in [5, 5.41) is 0. The van der Waals surface area contributed by atoms with Gasteiger partial charge in [-0.05, 0) is 56.3 Å². The predicted molar refractivity (Wildman–Crippen MR) is 124 cm³/mol. The van der Waals surface area contributed by atoms with Crippen LogP contribution in [0.3, 0.4) is 0 Å². The standard InChI is InChI=1S/C24H32BF6N3O5/c1-21(2)13-9-15(21)22(3)16(10-13)38-25(39-22)17-5-4-7-33(17)18(35)12-34(20(37)24(29,30)31)14-6-8-32(11-14)19(36)23(26,27)28/h13-17H,4-12H2,1-3H3. The molecule has 0 aromatic heterocycles. The Kier molecular flexibility index (Phi) is 6.76. The maximum absolute atomic E-state index is 13.4. The van der Waals surface area contributed by atoms with E-state index in [1.54, 1.807) is 0 Å². The molecular formula is C24H32BF6N3O5. The highest BCUT2D eigenvalue weighted by Gasteiger charge is 2.69. The Hall–Kier alpha value is -2.03. The van der Waals surface area contributed by atoms with Gasteiger partial charge < -0.3 is 24.0 Å². The van der Waals surface area contributed by atoms with Gasteiger partial charge in [-0.2, -0.15) is 26.3 Å². The lowest BCUT2D eigenvalue weighted by molar-refractivity contribution is -0.199. The van der Waals surface area contributed by atoms with Crippen molar-refractivity contribution in [2.45, 2.75) is 88.9 Å². The maximum Gasteiger partial charge on any atom is 0.481 e. The van der Waals surface area contributed by atoms with Crippen molar-refractivity contribution >= 4 is 24.8 Å². The van der Waals surface area contributed by atoms with E-state index in [1.165, 1.54) is 4.90 Å². The van der Waals surface area contributed by atoms with Gasteiger partial charge in [-0.3, -0.25) is 14.4 Å². The van der Waals surface area contributed by atoms with Crippen LogP contribution in [-0.4, -0.2) is 102 Å². The van der Waals surface area contributed by atoms with E-state index in [1.807, 2.05) is 6.92 Å². The van der Waals surface area contributed by atoms with Crippen molar-refractivity contribution in [2.75, 3.05) is 26.2 Å². The van der Waals surface area contributed by atoms with Crippen LogP contribution in [0.2, 0.25) is 0 Å². The molecule has 6 unspecified atom stereocenters. The molecule has 6 aliphatic rings. The third kappa shape index (κ3) is 4.70. The molecule has 0 spiro atoms. The lowest BCUT2D eigenvalue weighted by atomic mass is 9.43. The summed E-state index contributed by atoms with van der Waals surface area (Å²) in [4.78, 5) is 39.2. The number of likely N-dealkylation sites (tertiary alicyclic amines) is 2. The van der Waals surface area contributed by atoms with E-state index in [9.17, 15) is 40.7 Å². The zero-order valence-electron chi connectivity index (χ0n) is 22.0. The van der Waals surface area contributed by atoms with E-state index < -0.39 is 74.4 Å². The molecule has 3 aliphatic carbocycles. The highest BCUT2D eigenvalue weighted by molar-refractivity contribution is 6.48. The molecule has 218 valence electrons. The third-order valence-corrected chi connectivity index (χ3v) is 9.85. The SMILES string of the molecule is CC1(C)C2CC3OB(C4CCCN4C(=O)CN(C(=O)C(F)(F)F)C4CCN(C(=O)C(F)(F)F)C4)OC3(C)C1C2. The van der Waals surface area contributed by atoms with Crippen molar-refractivity contribution in [2.24, 2.45) is 17.3 Å². The van der Waals surface area contributed by atoms with Gasteiger partial charge in [0.1, 0.15) is 6.54 Å². The van der Waals surface area contributed by atoms with Gasteiger partial charge in [-0.25, -0.2) is 0 Å². The van der Waals surface area contributed by atoms with Gasteiger partial charge in [0.05, 0.1) is 23.7 Å². The van der Waals surface area contributed by atoms with Crippen molar-refractivity contribution in [1.82, 2.24) is 14.7 Å². The molecule has 3 saturated heterocycles. The molecule has 6 fully saturated rings. The first-order chi connectivity index (χ1) is 17.9. The van der Waals surface area contributed by atoms with E-state index in [-0.39, 0.29) is 35.3 Å². The first-order valence-electron chi connectivity index (χ1n) is 13.3. The van der Waals surface area contributed by atoms with Gasteiger partial charge in [0.25, 0.3) is 0 Å². The van der Waals surface area contributed by atoms with Crippen LogP contribution in [0.15, 0.2) is 0 Å². The van der Waals surface area contributed by atoms with Gasteiger partial charge in [0.15, 0.2) is 0 Å². The van der Waals surface area contributed by atoms with Crippen LogP contribution < -0.4 is 0 Å². The lowest BCUT2D eigenvalue weighted by Crippen LogP contribution is -2.65. The monoisotopic (exact) mass is 567 g/mol. The minimum Gasteiger partial charge on any atom is -0.404 e. The summed E-state index contributed by atoms with van der Waals surface area (Å²) in [7, 11) is -0.764. The molecule has 6 atom stereocenters. The second-order valence-corrected chi connectivity index (χ2v) is 12.3. The van der Waals surface area contributed by atoms with Crippen LogP contribution in [0.5, 0.6) is 0 Å². The topological polar surface area (TPSA) is 79.4 Å². The fourth-order valence-corrected chi connectivity index (χ4v) is 7.57. The number of hydrogen-bond acceptors (Lipinski definition) is 5. The van der Waals surface area contributed by atoms with Crippen LogP contribution in [-0.2, 0) is 23.7 Å². The van der Waals surface area contributed by atoms with Crippen molar-refractivity contribution < 1.29 is 50.0 Å². The molecule has 3 aliphatic heterocycles. The van der Waals surface area contributed by atoms with E-state index in [0.29, 0.717) is 23.7 Å². The lowest BCUT2D eigenvalue weighted by Gasteiger charge is -2.64. The summed E-state index contributed by atoms with van der Waals surface area (Å²) in [6.45, 7) is 4.44. The number of alkyl halides is 6. The van der Waals surface area contributed by atoms with Gasteiger partial charge in [-0.15, -0.1) is 0 Å². The Bertz CT molecular complexity index is 1040. The van der Waals surface area contributed by atoms with Gasteiger partial charge in [0.2, 0.25) is 5.91 Å². The largest absolute Gasteiger partial charge is 0.481 e. The number of carbonyl (C=O) groups excluding carboxylic acids is 3. The molecule has 39 heavy (non-hydrogen) atoms. The van der Waals surface area contributed by atoms with Crippen LogP contribution in [0.4, 0.5) is 26.3 Å². The molecule has 3 heterocycles. The Labute approximate surface area is 222 Å². The summed E-state index contributed by atoms with van der Waals surface area (Å²) in [6, 6.07) is -1.38. The molecule has 0 radical (unpaired) electrons. The Morgan fingerprint density at radius 2 is 1.69 bits per heavy atom. The van der Waals surface area contributed by atoms with Gasteiger partial charge >= 0.3 is 31.3 Å². The Morgan fingerprint density at radius 3 is 2.31 bits per heavy atom. The fraction of sp³-hybridized carbons (Fsp3) is 0.875. The maximum atomic E-state index is 13.4. The average Bonchev–Trinajstić information content (AvgIpc) is 3.57. The molecule has 0 aromatic carbocycles. The normalized spacial score (nSPS) is 35.6. The van der Waals surface area contributed by atoms with E-state index >= 15 is 0 Å². The molecule has 15 heteroatoms. The highest BCUT2D eigenvalue weighted by atomic mass is 19.4. The molecule has 3 amide bonds. The smallest absolute Gasteiger partial charge is 0.404 e. The zero-order valence-corrected chi connectivity index (χ0v) is 22.0. The first-order valence-corrected chi connectivity index (χ1v) is 13.3. The molecule has 8 nitrogen and oxygen atoms in total. The van der Waals surface area contributed by atoms with Crippen LogP contribution >= 0.6 is 0 Å². The second-order valence-electron chi connectivity index (χ2n) is 12.3. The van der Waals surface area contributed by atoms with Crippen LogP contribution in [0.25, 0.3) is 0 Å². The molecule has 3 saturated carbocycles. The molecule has 6 rings (SSSR count). The molecule has 0 N–H and O–H groups in total. The number of carbonyl (C=O) groups is 3. The number of rotatable bonds is 4. The molecule has 0 aromatic rings. The minimum absolute atomic E-state index is 0.0931. The highest BCUT2D eigenvalue weighted by Crippen LogP contribution is 2.66. The fourth-order valence-electron chi connectivity index (χ4n) is 7.57. The van der Waals surface area contributed by atoms with Crippen molar-refractivity contribution in [3.63, 3.8) is 0 Å². The Morgan fingerprint density at radius 1 is 1.00 bits per heavy atom. The van der Waals surface area contributed by atoms with Crippen molar-refractivity contribution in [1.29, 1.82) is 0 Å². The summed E-state index contributed by atoms with van der Waals surface area (Å²) in [5.74, 6) is -5.08. The third-order valence-electron chi connectivity index (χ3n) is 9.85. The quantitative estimate of drug-likeness (QED) is 0.386. The van der Waals surface area contributed by atoms with E-state index in [0.717, 1.165) is 12.8 Å². The summed E-state index contributed by atoms with van der Waals surface area (Å²) in [5.41, 5.74) is -0.452. The molecular weight excluding hydrogens is 535 g/mol. The Balaban J connectivity index is 1.29. The molecule has 2 bridgehead atoms. The van der Waals surface area contributed by atoms with Crippen molar-refractivity contribution in [3.8, 4) is 0 Å². The van der Waals surface area contributed by atoms with E-state index in [4.69, 9.17) is 9.31 Å². The number of nitrogens with zero attached hydrogens (tertiary/aromatic N) is 3. The van der Waals surface area contributed by atoms with Crippen LogP contribution in [0, 0.1) is 17.3 Å². The predicted octanol–water partition coefficient (Wildman–Crippen LogP) is 2.80. The zero-order chi connectivity index (χ0) is 28.7. The van der Waals surface area contributed by atoms with E-state index in [2.05, 4.69) is 13.8 Å².